The highest BCUT2D eigenvalue weighted by Crippen LogP contribution is 2.23. The summed E-state index contributed by atoms with van der Waals surface area (Å²) in [5, 5.41) is 10.1. The Morgan fingerprint density at radius 3 is 1.57 bits per heavy atom. The summed E-state index contributed by atoms with van der Waals surface area (Å²) in [4.78, 5) is 12.3. The summed E-state index contributed by atoms with van der Waals surface area (Å²) < 4.78 is 6.30. The molecular weight excluding hydrogens is 516 g/mol. The molecule has 1 rings (SSSR count). The van der Waals surface area contributed by atoms with Crippen LogP contribution in [0, 0.1) is 5.92 Å². The Balaban J connectivity index is 2.34. The molecule has 0 aromatic heterocycles. The van der Waals surface area contributed by atoms with Crippen LogP contribution < -0.4 is 0 Å². The zero-order valence-electron chi connectivity index (χ0n) is 27.8. The topological polar surface area (TPSA) is 46.5 Å². The summed E-state index contributed by atoms with van der Waals surface area (Å²) in [5.74, 6) is -1.21. The van der Waals surface area contributed by atoms with Crippen molar-refractivity contribution in [2.75, 3.05) is 0 Å². The van der Waals surface area contributed by atoms with Crippen LogP contribution in [0.25, 0.3) is 0 Å². The Morgan fingerprint density at radius 1 is 0.643 bits per heavy atom. The zero-order chi connectivity index (χ0) is 30.4. The third kappa shape index (κ3) is 22.9. The van der Waals surface area contributed by atoms with Gasteiger partial charge in [-0.25, -0.2) is 0 Å². The normalized spacial score (nSPS) is 13.1. The minimum Gasteiger partial charge on any atom is -0.481 e. The molecule has 0 saturated carbocycles. The molecule has 0 fully saturated rings. The number of hydrogen-bond acceptors (Lipinski definition) is 2. The second kappa shape index (κ2) is 29.5. The first-order valence-corrected chi connectivity index (χ1v) is 18.2. The number of allylic oxidation sites excluding steroid dienone is 2. The number of aliphatic carboxylic acids is 1. The number of ether oxygens (including phenoxy) is 1. The van der Waals surface area contributed by atoms with Gasteiger partial charge in [-0.05, 0) is 31.2 Å². The number of carbonyl (C=O) groups is 1. The Kier molecular flexibility index (Phi) is 26.9. The molecule has 2 atom stereocenters. The van der Waals surface area contributed by atoms with Crippen molar-refractivity contribution >= 4 is 5.97 Å². The summed E-state index contributed by atoms with van der Waals surface area (Å²) in [6, 6.07) is 10.2. The van der Waals surface area contributed by atoms with E-state index in [-0.39, 0.29) is 6.10 Å². The lowest BCUT2D eigenvalue weighted by Crippen LogP contribution is -2.30. The van der Waals surface area contributed by atoms with Crippen molar-refractivity contribution in [3.8, 4) is 0 Å². The standard InChI is InChI=1S/C39H68O3/c1-3-5-7-9-11-13-15-17-19-21-23-25-30-34-38(42-35-36-31-27-26-28-32-36)37(39(40)41)33-29-24-22-20-18-16-14-12-10-8-6-4-2/h24,26-29,31-32,37-38H,3-23,25,30,33-35H2,1-2H3,(H,40,41)/b29-24+/t37-,38+/m0/s1. The van der Waals surface area contributed by atoms with Crippen LogP contribution in [0.2, 0.25) is 0 Å². The molecule has 0 aliphatic carbocycles. The van der Waals surface area contributed by atoms with Crippen molar-refractivity contribution in [1.82, 2.24) is 0 Å². The van der Waals surface area contributed by atoms with Crippen LogP contribution in [-0.2, 0) is 16.1 Å². The fraction of sp³-hybridized carbons (Fsp3) is 0.769. The largest absolute Gasteiger partial charge is 0.481 e. The number of rotatable bonds is 31. The molecule has 0 amide bonds. The van der Waals surface area contributed by atoms with Gasteiger partial charge in [-0.2, -0.15) is 0 Å². The molecule has 1 N–H and O–H groups in total. The van der Waals surface area contributed by atoms with Crippen LogP contribution in [0.3, 0.4) is 0 Å². The third-order valence-corrected chi connectivity index (χ3v) is 8.70. The van der Waals surface area contributed by atoms with E-state index in [2.05, 4.69) is 38.1 Å². The Bertz CT molecular complexity index is 728. The average Bonchev–Trinajstić information content (AvgIpc) is 3.00. The molecule has 0 aliphatic heterocycles. The second-order valence-electron chi connectivity index (χ2n) is 12.6. The minimum absolute atomic E-state index is 0.243. The fourth-order valence-corrected chi connectivity index (χ4v) is 5.89. The van der Waals surface area contributed by atoms with Gasteiger partial charge in [0, 0.05) is 0 Å². The molecular formula is C39H68O3. The maximum absolute atomic E-state index is 12.3. The van der Waals surface area contributed by atoms with Crippen LogP contribution in [0.1, 0.15) is 180 Å². The number of carboxylic acid groups (broad SMARTS) is 1. The lowest BCUT2D eigenvalue weighted by Gasteiger charge is -2.24. The van der Waals surface area contributed by atoms with E-state index < -0.39 is 11.9 Å². The van der Waals surface area contributed by atoms with Crippen molar-refractivity contribution in [2.45, 2.75) is 187 Å². The molecule has 0 aliphatic rings. The molecule has 0 unspecified atom stereocenters. The molecule has 0 spiro atoms. The second-order valence-corrected chi connectivity index (χ2v) is 12.6. The molecule has 0 bridgehead atoms. The van der Waals surface area contributed by atoms with Crippen molar-refractivity contribution in [1.29, 1.82) is 0 Å². The number of carboxylic acids is 1. The van der Waals surface area contributed by atoms with Crippen LogP contribution in [0.4, 0.5) is 0 Å². The van der Waals surface area contributed by atoms with E-state index in [0.29, 0.717) is 13.0 Å². The zero-order valence-corrected chi connectivity index (χ0v) is 27.8. The van der Waals surface area contributed by atoms with E-state index in [1.54, 1.807) is 0 Å². The summed E-state index contributed by atoms with van der Waals surface area (Å²) in [5.41, 5.74) is 1.11. The molecule has 3 heteroatoms. The van der Waals surface area contributed by atoms with Gasteiger partial charge in [-0.15, -0.1) is 0 Å². The third-order valence-electron chi connectivity index (χ3n) is 8.70. The van der Waals surface area contributed by atoms with E-state index in [0.717, 1.165) is 24.8 Å². The first-order chi connectivity index (χ1) is 20.7. The summed E-state index contributed by atoms with van der Waals surface area (Å²) in [7, 11) is 0. The summed E-state index contributed by atoms with van der Waals surface area (Å²) >= 11 is 0. The minimum atomic E-state index is -0.726. The van der Waals surface area contributed by atoms with Crippen molar-refractivity contribution in [2.24, 2.45) is 5.92 Å². The lowest BCUT2D eigenvalue weighted by atomic mass is 9.93. The van der Waals surface area contributed by atoms with Gasteiger partial charge in [0.1, 0.15) is 0 Å². The van der Waals surface area contributed by atoms with E-state index in [9.17, 15) is 9.90 Å². The Morgan fingerprint density at radius 2 is 1.10 bits per heavy atom. The molecule has 0 saturated heterocycles. The van der Waals surface area contributed by atoms with Gasteiger partial charge in [0.25, 0.3) is 0 Å². The first-order valence-electron chi connectivity index (χ1n) is 18.2. The summed E-state index contributed by atoms with van der Waals surface area (Å²) in [6.45, 7) is 5.03. The molecule has 42 heavy (non-hydrogen) atoms. The summed E-state index contributed by atoms with van der Waals surface area (Å²) in [6.07, 6.45) is 35.7. The molecule has 0 heterocycles. The maximum Gasteiger partial charge on any atom is 0.309 e. The highest BCUT2D eigenvalue weighted by atomic mass is 16.5. The molecule has 3 nitrogen and oxygen atoms in total. The maximum atomic E-state index is 12.3. The molecule has 1 aromatic carbocycles. The number of hydrogen-bond donors (Lipinski definition) is 1. The van der Waals surface area contributed by atoms with Gasteiger partial charge < -0.3 is 9.84 Å². The number of unbranched alkanes of at least 4 members (excludes halogenated alkanes) is 21. The van der Waals surface area contributed by atoms with Crippen molar-refractivity contribution < 1.29 is 14.6 Å². The first kappa shape index (κ1) is 38.4. The highest BCUT2D eigenvalue weighted by molar-refractivity contribution is 5.71. The molecule has 242 valence electrons. The van der Waals surface area contributed by atoms with Gasteiger partial charge in [0.05, 0.1) is 18.6 Å². The monoisotopic (exact) mass is 585 g/mol. The molecule has 1 aromatic rings. The van der Waals surface area contributed by atoms with Gasteiger partial charge in [0.15, 0.2) is 0 Å². The molecule has 0 radical (unpaired) electrons. The van der Waals surface area contributed by atoms with Crippen molar-refractivity contribution in [3.05, 3.63) is 48.0 Å². The van der Waals surface area contributed by atoms with Crippen LogP contribution in [0.5, 0.6) is 0 Å². The predicted octanol–water partition coefficient (Wildman–Crippen LogP) is 12.6. The smallest absolute Gasteiger partial charge is 0.309 e. The van der Waals surface area contributed by atoms with Gasteiger partial charge in [0.2, 0.25) is 0 Å². The van der Waals surface area contributed by atoms with Gasteiger partial charge >= 0.3 is 5.97 Å². The van der Waals surface area contributed by atoms with Crippen LogP contribution >= 0.6 is 0 Å². The number of benzene rings is 1. The van der Waals surface area contributed by atoms with Crippen LogP contribution in [-0.4, -0.2) is 17.2 Å². The van der Waals surface area contributed by atoms with Crippen LogP contribution in [0.15, 0.2) is 42.5 Å². The average molecular weight is 585 g/mol. The van der Waals surface area contributed by atoms with E-state index in [4.69, 9.17) is 4.74 Å². The van der Waals surface area contributed by atoms with E-state index in [1.807, 2.05) is 18.2 Å². The quantitative estimate of drug-likeness (QED) is 0.0697. The van der Waals surface area contributed by atoms with E-state index in [1.165, 1.54) is 135 Å². The fourth-order valence-electron chi connectivity index (χ4n) is 5.89. The van der Waals surface area contributed by atoms with E-state index >= 15 is 0 Å². The Hall–Kier alpha value is -1.61. The van der Waals surface area contributed by atoms with Crippen molar-refractivity contribution in [3.63, 3.8) is 0 Å². The van der Waals surface area contributed by atoms with Gasteiger partial charge in [-0.3, -0.25) is 4.79 Å². The van der Waals surface area contributed by atoms with Gasteiger partial charge in [-0.1, -0.05) is 191 Å². The highest BCUT2D eigenvalue weighted by Gasteiger charge is 2.27. The predicted molar refractivity (Wildman–Crippen MR) is 182 cm³/mol. The Labute approximate surface area is 261 Å². The SMILES string of the molecule is CCCCCCCCCCC/C=C/C[C@H](C(=O)O)[C@@H](CCCCCCCCCCCCCCC)OCc1ccccc1. The lowest BCUT2D eigenvalue weighted by molar-refractivity contribution is -0.148.